The van der Waals surface area contributed by atoms with Gasteiger partial charge in [-0.25, -0.2) is 0 Å². The van der Waals surface area contributed by atoms with Crippen molar-refractivity contribution in [1.82, 2.24) is 0 Å². The quantitative estimate of drug-likeness (QED) is 0.523. The molecule has 0 aliphatic carbocycles. The largest absolute Gasteiger partial charge is 0.328 e. The summed E-state index contributed by atoms with van der Waals surface area (Å²) in [5.74, 6) is 0. The average molecular weight is 267 g/mol. The van der Waals surface area contributed by atoms with Crippen molar-refractivity contribution in [2.75, 3.05) is 6.61 Å². The highest BCUT2D eigenvalue weighted by molar-refractivity contribution is 7.39. The lowest BCUT2D eigenvalue weighted by Crippen LogP contribution is -1.89. The Morgan fingerprint density at radius 3 is 1.93 bits per heavy atom. The molecule has 0 aromatic carbocycles. The highest BCUT2D eigenvalue weighted by Gasteiger charge is 1.97. The van der Waals surface area contributed by atoms with Gasteiger partial charge in [0.1, 0.15) is 0 Å². The van der Waals surface area contributed by atoms with E-state index in [2.05, 4.69) is 11.4 Å². The Labute approximate surface area is 100 Å². The van der Waals surface area contributed by atoms with Gasteiger partial charge in [0, 0.05) is 0 Å². The van der Waals surface area contributed by atoms with E-state index < -0.39 is 8.60 Å². The lowest BCUT2D eigenvalue weighted by Gasteiger charge is -2.03. The van der Waals surface area contributed by atoms with Crippen LogP contribution in [0, 0.1) is 0 Å². The minimum Gasteiger partial charge on any atom is -0.328 e. The van der Waals surface area contributed by atoms with Crippen LogP contribution < -0.4 is 0 Å². The number of hydrogen-bond acceptors (Lipinski definition) is 3. The van der Waals surface area contributed by atoms with Crippen LogP contribution in [0.5, 0.6) is 0 Å². The van der Waals surface area contributed by atoms with Crippen molar-refractivity contribution in [2.24, 2.45) is 0 Å². The van der Waals surface area contributed by atoms with E-state index in [1.165, 1.54) is 25.7 Å². The van der Waals surface area contributed by atoms with Crippen LogP contribution in [0.1, 0.15) is 45.4 Å². The van der Waals surface area contributed by atoms with Gasteiger partial charge in [-0.05, 0) is 6.42 Å². The Bertz CT molecular complexity index is 96.7. The van der Waals surface area contributed by atoms with E-state index in [9.17, 15) is 0 Å². The number of unbranched alkanes of at least 4 members (excludes halogenated alkanes) is 5. The molecule has 2 N–H and O–H groups in total. The Kier molecular flexibility index (Phi) is 23.7. The molecule has 0 rings (SSSR count). The fraction of sp³-hybridized carbons (Fsp3) is 1.00. The fourth-order valence-electron chi connectivity index (χ4n) is 1.03. The van der Waals surface area contributed by atoms with Crippen molar-refractivity contribution < 1.29 is 14.3 Å². The first kappa shape index (κ1) is 20.3. The van der Waals surface area contributed by atoms with Gasteiger partial charge >= 0.3 is 8.60 Å². The molecule has 0 amide bonds. The van der Waals surface area contributed by atoms with Gasteiger partial charge in [0.15, 0.2) is 0 Å². The number of halogens is 2. The van der Waals surface area contributed by atoms with Crippen molar-refractivity contribution in [3.05, 3.63) is 0 Å². The molecule has 0 unspecified atom stereocenters. The van der Waals surface area contributed by atoms with Crippen LogP contribution in [0.25, 0.3) is 0 Å². The molecule has 0 atom stereocenters. The summed E-state index contributed by atoms with van der Waals surface area (Å²) in [6, 6.07) is 0. The number of rotatable bonds is 8. The summed E-state index contributed by atoms with van der Waals surface area (Å²) in [5.41, 5.74) is 0. The van der Waals surface area contributed by atoms with Gasteiger partial charge in [-0.2, -0.15) is 0 Å². The highest BCUT2D eigenvalue weighted by Crippen LogP contribution is 2.24. The zero-order valence-corrected chi connectivity index (χ0v) is 11.0. The van der Waals surface area contributed by atoms with Crippen LogP contribution in [0.15, 0.2) is 0 Å². The van der Waals surface area contributed by atoms with E-state index in [0.29, 0.717) is 6.61 Å². The topological polar surface area (TPSA) is 49.7 Å². The van der Waals surface area contributed by atoms with Crippen LogP contribution in [0.2, 0.25) is 0 Å². The lowest BCUT2D eigenvalue weighted by molar-refractivity contribution is 0.248. The molecule has 0 fully saturated rings. The van der Waals surface area contributed by atoms with E-state index >= 15 is 0 Å². The van der Waals surface area contributed by atoms with Crippen molar-refractivity contribution in [2.45, 2.75) is 45.4 Å². The maximum atomic E-state index is 8.39. The standard InChI is InChI=1S/C8H19O3P.2ClH/c1-2-3-4-5-6-7-8-11-12(9)10;;/h9-10H,2-8H2,1H3;2*1H. The normalized spacial score (nSPS) is 9.43. The SMILES string of the molecule is CCCCCCCCOP(O)O.Cl.Cl. The molecule has 6 heteroatoms. The predicted octanol–water partition coefficient (Wildman–Crippen LogP) is 3.42. The summed E-state index contributed by atoms with van der Waals surface area (Å²) in [5, 5.41) is 0. The highest BCUT2D eigenvalue weighted by atomic mass is 35.5. The molecule has 0 saturated carbocycles. The summed E-state index contributed by atoms with van der Waals surface area (Å²) in [4.78, 5) is 16.8. The second-order valence-electron chi connectivity index (χ2n) is 2.85. The van der Waals surface area contributed by atoms with Crippen LogP contribution >= 0.6 is 33.4 Å². The van der Waals surface area contributed by atoms with E-state index in [4.69, 9.17) is 9.79 Å². The van der Waals surface area contributed by atoms with Crippen molar-refractivity contribution in [3.8, 4) is 0 Å². The molecule has 14 heavy (non-hydrogen) atoms. The van der Waals surface area contributed by atoms with Gasteiger partial charge in [-0.1, -0.05) is 39.0 Å². The Balaban J connectivity index is -0.000000605. The Morgan fingerprint density at radius 2 is 1.43 bits per heavy atom. The van der Waals surface area contributed by atoms with Crippen LogP contribution in [0.4, 0.5) is 0 Å². The van der Waals surface area contributed by atoms with E-state index in [1.807, 2.05) is 0 Å². The average Bonchev–Trinajstić information content (AvgIpc) is 2.02. The van der Waals surface area contributed by atoms with Crippen molar-refractivity contribution in [1.29, 1.82) is 0 Å². The summed E-state index contributed by atoms with van der Waals surface area (Å²) in [6.07, 6.45) is 7.13. The zero-order valence-electron chi connectivity index (χ0n) is 8.52. The lowest BCUT2D eigenvalue weighted by atomic mass is 10.1. The molecular weight excluding hydrogens is 246 g/mol. The molecule has 0 aliphatic rings. The van der Waals surface area contributed by atoms with E-state index in [0.717, 1.165) is 12.8 Å². The smallest absolute Gasteiger partial charge is 0.327 e. The van der Waals surface area contributed by atoms with Gasteiger partial charge in [0.2, 0.25) is 0 Å². The minimum atomic E-state index is -2.13. The first-order valence-electron chi connectivity index (χ1n) is 4.58. The molecule has 0 radical (unpaired) electrons. The van der Waals surface area contributed by atoms with Crippen LogP contribution in [0.3, 0.4) is 0 Å². The molecular formula is C8H21Cl2O3P. The molecule has 3 nitrogen and oxygen atoms in total. The summed E-state index contributed by atoms with van der Waals surface area (Å²) in [6.45, 7) is 2.67. The van der Waals surface area contributed by atoms with Gasteiger partial charge in [-0.3, -0.25) is 0 Å². The van der Waals surface area contributed by atoms with Gasteiger partial charge in [-0.15, -0.1) is 24.8 Å². The Morgan fingerprint density at radius 1 is 0.929 bits per heavy atom. The second kappa shape index (κ2) is 16.3. The molecule has 0 aromatic rings. The summed E-state index contributed by atoms with van der Waals surface area (Å²) < 4.78 is 4.62. The molecule has 0 heterocycles. The monoisotopic (exact) mass is 266 g/mol. The van der Waals surface area contributed by atoms with Gasteiger partial charge < -0.3 is 14.3 Å². The third kappa shape index (κ3) is 18.6. The molecule has 0 saturated heterocycles. The zero-order chi connectivity index (χ0) is 9.23. The molecule has 0 bridgehead atoms. The summed E-state index contributed by atoms with van der Waals surface area (Å²) in [7, 11) is -2.13. The first-order valence-corrected chi connectivity index (χ1v) is 5.74. The predicted molar refractivity (Wildman–Crippen MR) is 65.2 cm³/mol. The van der Waals surface area contributed by atoms with Gasteiger partial charge in [0.05, 0.1) is 6.61 Å². The van der Waals surface area contributed by atoms with Crippen LogP contribution in [-0.4, -0.2) is 16.4 Å². The number of hydrogen-bond donors (Lipinski definition) is 2. The first-order chi connectivity index (χ1) is 5.77. The van der Waals surface area contributed by atoms with Crippen LogP contribution in [-0.2, 0) is 4.52 Å². The molecule has 0 spiro atoms. The Hall–Kier alpha value is 0.890. The van der Waals surface area contributed by atoms with Crippen molar-refractivity contribution in [3.63, 3.8) is 0 Å². The maximum Gasteiger partial charge on any atom is 0.327 e. The third-order valence-electron chi connectivity index (χ3n) is 1.70. The second-order valence-corrected chi connectivity index (χ2v) is 3.62. The molecule has 0 aromatic heterocycles. The van der Waals surface area contributed by atoms with E-state index in [1.54, 1.807) is 0 Å². The third-order valence-corrected chi connectivity index (χ3v) is 2.12. The van der Waals surface area contributed by atoms with Crippen molar-refractivity contribution >= 4 is 33.4 Å². The fourth-order valence-corrected chi connectivity index (χ4v) is 1.32. The molecule has 0 aliphatic heterocycles. The molecule has 90 valence electrons. The van der Waals surface area contributed by atoms with Gasteiger partial charge in [0.25, 0.3) is 0 Å². The summed E-state index contributed by atoms with van der Waals surface area (Å²) >= 11 is 0. The minimum absolute atomic E-state index is 0. The maximum absolute atomic E-state index is 8.39. The van der Waals surface area contributed by atoms with E-state index in [-0.39, 0.29) is 24.8 Å².